The maximum absolute atomic E-state index is 13.9. The molecular weight excluding hydrogens is 663 g/mol. The molecule has 1 fully saturated rings. The Balaban J connectivity index is 1.75. The highest BCUT2D eigenvalue weighted by Crippen LogP contribution is 2.36. The number of ether oxygens (including phenoxy) is 1. The molecule has 42 heavy (non-hydrogen) atoms. The summed E-state index contributed by atoms with van der Waals surface area (Å²) >= 11 is 2.22. The van der Waals surface area contributed by atoms with Crippen molar-refractivity contribution in [3.63, 3.8) is 0 Å². The fourth-order valence-corrected chi connectivity index (χ4v) is 5.63. The van der Waals surface area contributed by atoms with E-state index in [2.05, 4.69) is 56.7 Å². The number of carbonyl (C=O) groups is 1. The van der Waals surface area contributed by atoms with E-state index in [0.29, 0.717) is 21.7 Å². The van der Waals surface area contributed by atoms with Crippen molar-refractivity contribution in [1.82, 2.24) is 20.5 Å². The molecule has 1 aliphatic heterocycles. The lowest BCUT2D eigenvalue weighted by molar-refractivity contribution is -0.253. The van der Waals surface area contributed by atoms with E-state index < -0.39 is 29.9 Å². The molecule has 0 saturated carbocycles. The summed E-state index contributed by atoms with van der Waals surface area (Å²) in [6, 6.07) is 18.5. The molecule has 1 aromatic heterocycles. The van der Waals surface area contributed by atoms with Crippen LogP contribution in [0.4, 0.5) is 22.4 Å². The van der Waals surface area contributed by atoms with Crippen molar-refractivity contribution >= 4 is 28.6 Å². The highest BCUT2D eigenvalue weighted by Gasteiger charge is 2.45. The summed E-state index contributed by atoms with van der Waals surface area (Å²) in [5.74, 6) is -0.456. The van der Waals surface area contributed by atoms with E-state index in [1.54, 1.807) is 18.3 Å². The molecule has 226 valence electrons. The molecule has 3 aromatic rings. The van der Waals surface area contributed by atoms with Gasteiger partial charge in [0.05, 0.1) is 5.69 Å². The van der Waals surface area contributed by atoms with Crippen molar-refractivity contribution in [1.29, 1.82) is 0 Å². The topological polar surface area (TPSA) is 66.5 Å². The maximum Gasteiger partial charge on any atom is 0.461 e. The standard InChI is InChI=1S/C31H35F4IN4O2/c1-21(2)40-15-13-25(14-16-40)38-29(41)39-30(18-22-7-4-3-5-8-22,27-12-11-23(19-36)20-37-27)24-9-6-10-26(17-24)42-31(34,35)28(32)33/h3-12,17,20-21,25,28H,13-16,18-19H2,1-2H3,(H2,38,39,41)/t30-/m0/s1. The lowest BCUT2D eigenvalue weighted by atomic mass is 9.80. The van der Waals surface area contributed by atoms with Crippen molar-refractivity contribution in [2.75, 3.05) is 13.1 Å². The zero-order valence-corrected chi connectivity index (χ0v) is 25.7. The first-order valence-corrected chi connectivity index (χ1v) is 15.4. The third-order valence-corrected chi connectivity index (χ3v) is 8.37. The minimum absolute atomic E-state index is 0.0526. The molecule has 0 radical (unpaired) electrons. The monoisotopic (exact) mass is 698 g/mol. The highest BCUT2D eigenvalue weighted by molar-refractivity contribution is 14.1. The number of likely N-dealkylation sites (tertiary alicyclic amines) is 1. The molecular formula is C31H35F4IN4O2. The number of urea groups is 1. The van der Waals surface area contributed by atoms with Crippen LogP contribution >= 0.6 is 22.6 Å². The first-order valence-electron chi connectivity index (χ1n) is 13.9. The van der Waals surface area contributed by atoms with Crippen LogP contribution in [0.25, 0.3) is 0 Å². The molecule has 2 N–H and O–H groups in total. The second-order valence-corrected chi connectivity index (χ2v) is 11.5. The SMILES string of the molecule is CC(C)N1CCC(NC(=O)N[C@@](Cc2ccccc2)(c2cccc(OC(F)(F)C(F)F)c2)c2ccc(CI)cn2)CC1. The van der Waals surface area contributed by atoms with Crippen molar-refractivity contribution in [2.24, 2.45) is 0 Å². The summed E-state index contributed by atoms with van der Waals surface area (Å²) in [6.07, 6.45) is -5.22. The lowest BCUT2D eigenvalue weighted by Gasteiger charge is -2.38. The number of piperidine rings is 1. The molecule has 1 aliphatic rings. The third kappa shape index (κ3) is 7.91. The van der Waals surface area contributed by atoms with Crippen LogP contribution in [0.15, 0.2) is 72.9 Å². The molecule has 0 unspecified atom stereocenters. The Hall–Kier alpha value is -2.93. The number of hydrogen-bond donors (Lipinski definition) is 2. The van der Waals surface area contributed by atoms with Gasteiger partial charge < -0.3 is 20.3 Å². The Bertz CT molecular complexity index is 1310. The van der Waals surface area contributed by atoms with E-state index in [-0.39, 0.29) is 12.5 Å². The summed E-state index contributed by atoms with van der Waals surface area (Å²) in [6.45, 7) is 6.00. The van der Waals surface area contributed by atoms with Gasteiger partial charge in [0.1, 0.15) is 11.3 Å². The Morgan fingerprint density at radius 1 is 1.05 bits per heavy atom. The smallest absolute Gasteiger partial charge is 0.428 e. The van der Waals surface area contributed by atoms with Gasteiger partial charge in [0.2, 0.25) is 0 Å². The molecule has 0 bridgehead atoms. The van der Waals surface area contributed by atoms with Gasteiger partial charge in [-0.3, -0.25) is 4.98 Å². The average Bonchev–Trinajstić information content (AvgIpc) is 2.97. The zero-order chi connectivity index (χ0) is 30.3. The van der Waals surface area contributed by atoms with Gasteiger partial charge in [-0.2, -0.15) is 17.6 Å². The van der Waals surface area contributed by atoms with E-state index in [4.69, 9.17) is 4.98 Å². The minimum atomic E-state index is -4.68. The number of benzene rings is 2. The molecule has 0 spiro atoms. The van der Waals surface area contributed by atoms with Gasteiger partial charge in [0.25, 0.3) is 0 Å². The van der Waals surface area contributed by atoms with Gasteiger partial charge in [0, 0.05) is 42.2 Å². The predicted octanol–water partition coefficient (Wildman–Crippen LogP) is 6.91. The number of nitrogens with one attached hydrogen (secondary N) is 2. The largest absolute Gasteiger partial charge is 0.461 e. The summed E-state index contributed by atoms with van der Waals surface area (Å²) in [5.41, 5.74) is 1.26. The highest BCUT2D eigenvalue weighted by atomic mass is 127. The Labute approximate surface area is 257 Å². The number of amides is 2. The van der Waals surface area contributed by atoms with Crippen LogP contribution in [0.5, 0.6) is 5.75 Å². The molecule has 2 amide bonds. The average molecular weight is 699 g/mol. The zero-order valence-electron chi connectivity index (χ0n) is 23.5. The van der Waals surface area contributed by atoms with Crippen LogP contribution in [-0.4, -0.2) is 53.6 Å². The second kappa shape index (κ2) is 14.0. The minimum Gasteiger partial charge on any atom is -0.428 e. The van der Waals surface area contributed by atoms with Gasteiger partial charge in [0.15, 0.2) is 0 Å². The van der Waals surface area contributed by atoms with Crippen LogP contribution in [0.3, 0.4) is 0 Å². The molecule has 4 rings (SSSR count). The van der Waals surface area contributed by atoms with Crippen molar-refractivity contribution in [2.45, 2.75) is 67.7 Å². The van der Waals surface area contributed by atoms with Gasteiger partial charge >= 0.3 is 18.6 Å². The molecule has 6 nitrogen and oxygen atoms in total. The number of hydrogen-bond acceptors (Lipinski definition) is 4. The molecule has 11 heteroatoms. The van der Waals surface area contributed by atoms with E-state index in [9.17, 15) is 22.4 Å². The Morgan fingerprint density at radius 2 is 1.76 bits per heavy atom. The van der Waals surface area contributed by atoms with Gasteiger partial charge in [-0.05, 0) is 61.6 Å². The van der Waals surface area contributed by atoms with Crippen LogP contribution in [0.1, 0.15) is 49.1 Å². The number of halogens is 5. The molecule has 2 aromatic carbocycles. The number of nitrogens with zero attached hydrogens (tertiary/aromatic N) is 2. The van der Waals surface area contributed by atoms with E-state index in [1.807, 2.05) is 36.4 Å². The number of aromatic nitrogens is 1. The summed E-state index contributed by atoms with van der Waals surface area (Å²) in [5, 5.41) is 6.22. The van der Waals surface area contributed by atoms with Crippen LogP contribution in [-0.2, 0) is 16.4 Å². The number of carbonyl (C=O) groups excluding carboxylic acids is 1. The first kappa shape index (κ1) is 32.0. The van der Waals surface area contributed by atoms with Gasteiger partial charge in [-0.25, -0.2) is 4.79 Å². The van der Waals surface area contributed by atoms with E-state index in [0.717, 1.165) is 37.1 Å². The van der Waals surface area contributed by atoms with Crippen LogP contribution < -0.4 is 15.4 Å². The molecule has 0 aliphatic carbocycles. The molecule has 2 heterocycles. The van der Waals surface area contributed by atoms with Crippen molar-refractivity contribution in [3.05, 3.63) is 95.3 Å². The second-order valence-electron chi connectivity index (χ2n) is 10.7. The first-order chi connectivity index (χ1) is 20.0. The fourth-order valence-electron chi connectivity index (χ4n) is 5.18. The molecule has 1 atom stereocenters. The van der Waals surface area contributed by atoms with Crippen LogP contribution in [0.2, 0.25) is 0 Å². The predicted molar refractivity (Wildman–Crippen MR) is 162 cm³/mol. The van der Waals surface area contributed by atoms with E-state index in [1.165, 1.54) is 18.2 Å². The molecule has 1 saturated heterocycles. The van der Waals surface area contributed by atoms with Gasteiger partial charge in [-0.1, -0.05) is 71.1 Å². The maximum atomic E-state index is 13.9. The fraction of sp³-hybridized carbons (Fsp3) is 0.419. The summed E-state index contributed by atoms with van der Waals surface area (Å²) in [4.78, 5) is 20.7. The number of rotatable bonds is 11. The number of alkyl halides is 5. The normalized spacial score (nSPS) is 16.3. The van der Waals surface area contributed by atoms with E-state index >= 15 is 0 Å². The Kier molecular flexibility index (Phi) is 10.7. The summed E-state index contributed by atoms with van der Waals surface area (Å²) < 4.78 is 58.9. The van der Waals surface area contributed by atoms with Gasteiger partial charge in [-0.15, -0.1) is 0 Å². The third-order valence-electron chi connectivity index (χ3n) is 7.49. The van der Waals surface area contributed by atoms with Crippen molar-refractivity contribution in [3.8, 4) is 5.75 Å². The quantitative estimate of drug-likeness (QED) is 0.130. The lowest BCUT2D eigenvalue weighted by Crippen LogP contribution is -2.56. The summed E-state index contributed by atoms with van der Waals surface area (Å²) in [7, 11) is 0. The Morgan fingerprint density at radius 3 is 2.36 bits per heavy atom. The number of pyridine rings is 1. The van der Waals surface area contributed by atoms with Crippen molar-refractivity contribution < 1.29 is 27.1 Å². The van der Waals surface area contributed by atoms with Crippen LogP contribution in [0, 0.1) is 0 Å².